The molecule has 0 bridgehead atoms. The van der Waals surface area contributed by atoms with E-state index in [1.54, 1.807) is 6.07 Å². The molecule has 0 atom stereocenters. The molecular weight excluding hydrogens is 229 g/mol. The van der Waals surface area contributed by atoms with Gasteiger partial charge in [0.2, 0.25) is 0 Å². The maximum absolute atomic E-state index is 13.7. The molecule has 18 heavy (non-hydrogen) atoms. The number of hydrogen-bond donors (Lipinski definition) is 1. The number of allylic oxidation sites excluding steroid dienone is 1. The van der Waals surface area contributed by atoms with Gasteiger partial charge in [0, 0.05) is 18.2 Å². The van der Waals surface area contributed by atoms with Crippen molar-refractivity contribution in [3.05, 3.63) is 41.2 Å². The lowest BCUT2D eigenvalue weighted by Gasteiger charge is -2.13. The summed E-state index contributed by atoms with van der Waals surface area (Å²) in [6.07, 6.45) is 1.94. The molecule has 0 aliphatic heterocycles. The van der Waals surface area contributed by atoms with E-state index in [4.69, 9.17) is 4.74 Å². The van der Waals surface area contributed by atoms with E-state index in [1.807, 2.05) is 26.0 Å². The molecule has 2 nitrogen and oxygen atoms in total. The Balaban J connectivity index is 2.77. The molecule has 1 N–H and O–H groups in total. The van der Waals surface area contributed by atoms with E-state index >= 15 is 0 Å². The molecule has 0 unspecified atom stereocenters. The van der Waals surface area contributed by atoms with Gasteiger partial charge in [0.25, 0.3) is 0 Å². The number of halogens is 1. The summed E-state index contributed by atoms with van der Waals surface area (Å²) in [4.78, 5) is 0. The average molecular weight is 251 g/mol. The minimum atomic E-state index is -0.305. The topological polar surface area (TPSA) is 21.3 Å². The molecule has 0 amide bonds. The molecule has 1 rings (SSSR count). The molecule has 0 aromatic heterocycles. The summed E-state index contributed by atoms with van der Waals surface area (Å²) in [5.74, 6) is 0.0448. The zero-order valence-electron chi connectivity index (χ0n) is 11.6. The Hall–Kier alpha value is -1.35. The highest BCUT2D eigenvalue weighted by Crippen LogP contribution is 2.22. The lowest BCUT2D eigenvalue weighted by molar-refractivity contribution is 0.335. The van der Waals surface area contributed by atoms with Crippen molar-refractivity contribution in [2.24, 2.45) is 0 Å². The van der Waals surface area contributed by atoms with Gasteiger partial charge in [-0.2, -0.15) is 0 Å². The Labute approximate surface area is 109 Å². The van der Waals surface area contributed by atoms with Gasteiger partial charge in [-0.25, -0.2) is 4.39 Å². The molecule has 0 heterocycles. The summed E-state index contributed by atoms with van der Waals surface area (Å²) >= 11 is 0. The van der Waals surface area contributed by atoms with Crippen LogP contribution in [0, 0.1) is 5.82 Å². The third-order valence-electron chi connectivity index (χ3n) is 2.47. The molecule has 1 aromatic rings. The van der Waals surface area contributed by atoms with E-state index < -0.39 is 0 Å². The molecule has 0 aliphatic rings. The minimum Gasteiger partial charge on any atom is -0.486 e. The van der Waals surface area contributed by atoms with Crippen LogP contribution in [0.15, 0.2) is 29.8 Å². The van der Waals surface area contributed by atoms with E-state index in [-0.39, 0.29) is 5.82 Å². The van der Waals surface area contributed by atoms with Crippen LogP contribution in [0.4, 0.5) is 4.39 Å². The minimum absolute atomic E-state index is 0.305. The highest BCUT2D eigenvalue weighted by atomic mass is 19.1. The molecule has 0 fully saturated rings. The van der Waals surface area contributed by atoms with Crippen molar-refractivity contribution in [2.75, 3.05) is 6.61 Å². The summed E-state index contributed by atoms with van der Waals surface area (Å²) in [6, 6.07) is 5.38. The van der Waals surface area contributed by atoms with Gasteiger partial charge < -0.3 is 10.1 Å². The van der Waals surface area contributed by atoms with Crippen LogP contribution in [-0.2, 0) is 6.54 Å². The Morgan fingerprint density at radius 1 is 1.39 bits per heavy atom. The Bertz CT molecular complexity index is 409. The summed E-state index contributed by atoms with van der Waals surface area (Å²) < 4.78 is 19.2. The van der Waals surface area contributed by atoms with Crippen molar-refractivity contribution in [3.63, 3.8) is 0 Å². The molecule has 0 saturated heterocycles. The fraction of sp³-hybridized carbons (Fsp3) is 0.467. The van der Waals surface area contributed by atoms with Crippen LogP contribution in [0.3, 0.4) is 0 Å². The maximum Gasteiger partial charge on any atom is 0.165 e. The fourth-order valence-corrected chi connectivity index (χ4v) is 1.46. The zero-order chi connectivity index (χ0) is 13.5. The number of rotatable bonds is 6. The lowest BCUT2D eigenvalue weighted by atomic mass is 10.2. The monoisotopic (exact) mass is 251 g/mol. The molecule has 0 radical (unpaired) electrons. The van der Waals surface area contributed by atoms with E-state index in [1.165, 1.54) is 6.07 Å². The summed E-state index contributed by atoms with van der Waals surface area (Å²) in [5.41, 5.74) is 2.01. The fourth-order valence-electron chi connectivity index (χ4n) is 1.46. The largest absolute Gasteiger partial charge is 0.486 e. The third-order valence-corrected chi connectivity index (χ3v) is 2.47. The first kappa shape index (κ1) is 14.7. The van der Waals surface area contributed by atoms with Crippen molar-refractivity contribution < 1.29 is 9.13 Å². The van der Waals surface area contributed by atoms with Gasteiger partial charge in [-0.3, -0.25) is 0 Å². The number of benzene rings is 1. The first-order valence-electron chi connectivity index (χ1n) is 6.27. The standard InChI is InChI=1S/C15H22FNO/c1-11(2)8-9-18-15-13(10-17-12(3)4)6-5-7-14(15)16/h5-8,12,17H,9-10H2,1-4H3. The van der Waals surface area contributed by atoms with Crippen LogP contribution in [0.2, 0.25) is 0 Å². The Morgan fingerprint density at radius 3 is 2.72 bits per heavy atom. The number of para-hydroxylation sites is 1. The van der Waals surface area contributed by atoms with Crippen molar-refractivity contribution in [2.45, 2.75) is 40.3 Å². The van der Waals surface area contributed by atoms with Crippen molar-refractivity contribution in [1.29, 1.82) is 0 Å². The van der Waals surface area contributed by atoms with Gasteiger partial charge in [0.15, 0.2) is 11.6 Å². The van der Waals surface area contributed by atoms with Gasteiger partial charge in [0.05, 0.1) is 0 Å². The summed E-state index contributed by atoms with van der Waals surface area (Å²) in [5, 5.41) is 3.27. The summed E-state index contributed by atoms with van der Waals surface area (Å²) in [7, 11) is 0. The van der Waals surface area contributed by atoms with Crippen molar-refractivity contribution in [3.8, 4) is 5.75 Å². The molecular formula is C15H22FNO. The highest BCUT2D eigenvalue weighted by molar-refractivity contribution is 5.35. The average Bonchev–Trinajstić information content (AvgIpc) is 2.28. The van der Waals surface area contributed by atoms with Crippen molar-refractivity contribution >= 4 is 0 Å². The van der Waals surface area contributed by atoms with E-state index in [9.17, 15) is 4.39 Å². The molecule has 0 spiro atoms. The first-order chi connectivity index (χ1) is 8.50. The predicted octanol–water partition coefficient (Wildman–Crippen LogP) is 3.67. The second-order valence-electron chi connectivity index (χ2n) is 4.86. The van der Waals surface area contributed by atoms with Crippen LogP contribution in [0.5, 0.6) is 5.75 Å². The zero-order valence-corrected chi connectivity index (χ0v) is 11.6. The van der Waals surface area contributed by atoms with Gasteiger partial charge >= 0.3 is 0 Å². The van der Waals surface area contributed by atoms with Crippen LogP contribution < -0.4 is 10.1 Å². The number of nitrogens with one attached hydrogen (secondary N) is 1. The smallest absolute Gasteiger partial charge is 0.165 e. The SMILES string of the molecule is CC(C)=CCOc1c(F)cccc1CNC(C)C. The summed E-state index contributed by atoms with van der Waals surface area (Å²) in [6.45, 7) is 9.11. The number of ether oxygens (including phenoxy) is 1. The van der Waals surface area contributed by atoms with E-state index in [0.717, 1.165) is 11.1 Å². The predicted molar refractivity (Wildman–Crippen MR) is 73.3 cm³/mol. The molecule has 100 valence electrons. The van der Waals surface area contributed by atoms with Gasteiger partial charge in [-0.1, -0.05) is 31.6 Å². The molecule has 1 aromatic carbocycles. The van der Waals surface area contributed by atoms with Crippen LogP contribution >= 0.6 is 0 Å². The molecule has 3 heteroatoms. The quantitative estimate of drug-likeness (QED) is 0.779. The van der Waals surface area contributed by atoms with Gasteiger partial charge in [-0.05, 0) is 26.0 Å². The number of hydrogen-bond acceptors (Lipinski definition) is 2. The Morgan fingerprint density at radius 2 is 2.11 bits per heavy atom. The third kappa shape index (κ3) is 4.88. The van der Waals surface area contributed by atoms with Crippen LogP contribution in [0.1, 0.15) is 33.3 Å². The van der Waals surface area contributed by atoms with Gasteiger partial charge in [0.1, 0.15) is 6.61 Å². The van der Waals surface area contributed by atoms with Crippen LogP contribution in [-0.4, -0.2) is 12.6 Å². The maximum atomic E-state index is 13.7. The Kier molecular flexibility index (Phi) is 5.86. The highest BCUT2D eigenvalue weighted by Gasteiger charge is 2.09. The van der Waals surface area contributed by atoms with Crippen LogP contribution in [0.25, 0.3) is 0 Å². The second-order valence-corrected chi connectivity index (χ2v) is 4.86. The van der Waals surface area contributed by atoms with Gasteiger partial charge in [-0.15, -0.1) is 0 Å². The normalized spacial score (nSPS) is 10.6. The van der Waals surface area contributed by atoms with E-state index in [0.29, 0.717) is 24.9 Å². The molecule has 0 aliphatic carbocycles. The van der Waals surface area contributed by atoms with Crippen molar-refractivity contribution in [1.82, 2.24) is 5.32 Å². The second kappa shape index (κ2) is 7.17. The van der Waals surface area contributed by atoms with E-state index in [2.05, 4.69) is 19.2 Å². The lowest BCUT2D eigenvalue weighted by Crippen LogP contribution is -2.22. The molecule has 0 saturated carbocycles. The first-order valence-corrected chi connectivity index (χ1v) is 6.27.